The van der Waals surface area contributed by atoms with Gasteiger partial charge in [0, 0.05) is 31.0 Å². The van der Waals surface area contributed by atoms with Crippen molar-refractivity contribution in [3.8, 4) is 5.75 Å². The van der Waals surface area contributed by atoms with E-state index in [1.165, 1.54) is 6.42 Å². The Morgan fingerprint density at radius 1 is 1.12 bits per heavy atom. The molecule has 3 fully saturated rings. The molecular weight excluding hydrogens is 424 g/mol. The number of carbonyl (C=O) groups is 2. The van der Waals surface area contributed by atoms with Crippen LogP contribution in [-0.4, -0.2) is 43.5 Å². The second-order valence-electron chi connectivity index (χ2n) is 11.6. The molecule has 0 aromatic heterocycles. The van der Waals surface area contributed by atoms with E-state index in [1.807, 2.05) is 30.1 Å². The van der Waals surface area contributed by atoms with Gasteiger partial charge < -0.3 is 15.0 Å². The number of hydrogen-bond donors (Lipinski definition) is 1. The molecule has 1 heterocycles. The van der Waals surface area contributed by atoms with Gasteiger partial charge in [-0.05, 0) is 85.8 Å². The van der Waals surface area contributed by atoms with E-state index in [9.17, 15) is 9.59 Å². The molecule has 5 heteroatoms. The number of ether oxygens (including phenoxy) is 1. The van der Waals surface area contributed by atoms with Crippen LogP contribution in [0.3, 0.4) is 0 Å². The lowest BCUT2D eigenvalue weighted by molar-refractivity contribution is -0.142. The topological polar surface area (TPSA) is 58.6 Å². The molecule has 5 rings (SSSR count). The van der Waals surface area contributed by atoms with Gasteiger partial charge in [0.15, 0.2) is 0 Å². The molecule has 34 heavy (non-hydrogen) atoms. The van der Waals surface area contributed by atoms with Crippen molar-refractivity contribution in [1.29, 1.82) is 0 Å². The molecule has 0 saturated heterocycles. The van der Waals surface area contributed by atoms with Crippen molar-refractivity contribution < 1.29 is 14.3 Å². The summed E-state index contributed by atoms with van der Waals surface area (Å²) in [6.07, 6.45) is 11.5. The van der Waals surface area contributed by atoms with E-state index in [2.05, 4.69) is 31.3 Å². The van der Waals surface area contributed by atoms with Crippen LogP contribution < -0.4 is 10.1 Å². The Bertz CT molecular complexity index is 989. The summed E-state index contributed by atoms with van der Waals surface area (Å²) in [5.41, 5.74) is 1.27. The van der Waals surface area contributed by atoms with Crippen molar-refractivity contribution in [2.24, 2.45) is 34.5 Å². The number of likely N-dealkylation sites (N-methyl/N-ethyl adjacent to an activating group) is 1. The lowest BCUT2D eigenvalue weighted by Gasteiger charge is -2.60. The molecule has 0 unspecified atom stereocenters. The summed E-state index contributed by atoms with van der Waals surface area (Å²) in [4.78, 5) is 27.7. The zero-order valence-electron chi connectivity index (χ0n) is 21.2. The number of para-hydroxylation sites is 1. The van der Waals surface area contributed by atoms with Crippen LogP contribution in [-0.2, 0) is 16.0 Å². The van der Waals surface area contributed by atoms with Crippen LogP contribution in [0.2, 0.25) is 0 Å². The molecule has 0 bridgehead atoms. The molecule has 5 nitrogen and oxygen atoms in total. The standard InChI is InChI=1S/C29H40N2O3/c1-28-16-13-22-20(9-12-25-29(22,2)17-14-26(32)31(25)3)21(28)10-11-23(28)27(33)30-18-15-19-7-5-6-8-24(19)34-4/h5-8,14,17,20-23,25H,9-13,15-16,18H2,1-4H3,(H,30,33)/t20-,21-,22-,23+,25+,28-,29+/m0/s1. The van der Waals surface area contributed by atoms with Crippen molar-refractivity contribution in [3.05, 3.63) is 42.0 Å². The van der Waals surface area contributed by atoms with E-state index < -0.39 is 0 Å². The molecule has 1 aromatic rings. The van der Waals surface area contributed by atoms with Gasteiger partial charge in [-0.15, -0.1) is 0 Å². The molecule has 1 aromatic carbocycles. The Balaban J connectivity index is 1.27. The lowest BCUT2D eigenvalue weighted by atomic mass is 9.47. The third kappa shape index (κ3) is 3.58. The minimum Gasteiger partial charge on any atom is -0.496 e. The quantitative estimate of drug-likeness (QED) is 0.692. The zero-order valence-corrected chi connectivity index (χ0v) is 21.2. The van der Waals surface area contributed by atoms with E-state index in [1.54, 1.807) is 13.2 Å². The molecule has 184 valence electrons. The van der Waals surface area contributed by atoms with Crippen molar-refractivity contribution in [2.75, 3.05) is 20.7 Å². The second kappa shape index (κ2) is 8.73. The molecule has 1 N–H and O–H groups in total. The lowest BCUT2D eigenvalue weighted by Crippen LogP contribution is -2.59. The number of nitrogens with one attached hydrogen (secondary N) is 1. The number of hydrogen-bond acceptors (Lipinski definition) is 3. The molecule has 7 atom stereocenters. The highest BCUT2D eigenvalue weighted by Crippen LogP contribution is 2.65. The van der Waals surface area contributed by atoms with Crippen LogP contribution in [0.15, 0.2) is 36.4 Å². The second-order valence-corrected chi connectivity index (χ2v) is 11.6. The third-order valence-electron chi connectivity index (χ3n) is 10.3. The first-order valence-electron chi connectivity index (χ1n) is 13.1. The van der Waals surface area contributed by atoms with Crippen molar-refractivity contribution in [1.82, 2.24) is 10.2 Å². The van der Waals surface area contributed by atoms with Crippen molar-refractivity contribution in [3.63, 3.8) is 0 Å². The summed E-state index contributed by atoms with van der Waals surface area (Å²) >= 11 is 0. The van der Waals surface area contributed by atoms with Gasteiger partial charge in [-0.1, -0.05) is 38.1 Å². The Morgan fingerprint density at radius 2 is 1.91 bits per heavy atom. The van der Waals surface area contributed by atoms with Gasteiger partial charge in [0.05, 0.1) is 7.11 Å². The number of methoxy groups -OCH3 is 1. The van der Waals surface area contributed by atoms with Crippen molar-refractivity contribution >= 4 is 11.8 Å². The highest BCUT2D eigenvalue weighted by Gasteiger charge is 2.61. The molecule has 2 amide bonds. The van der Waals surface area contributed by atoms with Gasteiger partial charge in [-0.2, -0.15) is 0 Å². The summed E-state index contributed by atoms with van der Waals surface area (Å²) < 4.78 is 5.46. The van der Waals surface area contributed by atoms with Gasteiger partial charge in [-0.25, -0.2) is 0 Å². The molecule has 0 spiro atoms. The first-order valence-corrected chi connectivity index (χ1v) is 13.1. The van der Waals surface area contributed by atoms with E-state index in [4.69, 9.17) is 4.74 Å². The van der Waals surface area contributed by atoms with Crippen LogP contribution in [0, 0.1) is 34.5 Å². The van der Waals surface area contributed by atoms with E-state index in [-0.39, 0.29) is 28.6 Å². The van der Waals surface area contributed by atoms with E-state index in [0.29, 0.717) is 30.3 Å². The maximum Gasteiger partial charge on any atom is 0.246 e. The molecule has 3 saturated carbocycles. The van der Waals surface area contributed by atoms with Gasteiger partial charge >= 0.3 is 0 Å². The van der Waals surface area contributed by atoms with Crippen molar-refractivity contribution in [2.45, 2.75) is 64.8 Å². The zero-order chi connectivity index (χ0) is 24.1. The summed E-state index contributed by atoms with van der Waals surface area (Å²) in [6, 6.07) is 8.35. The maximum absolute atomic E-state index is 13.4. The third-order valence-corrected chi connectivity index (χ3v) is 10.3. The first-order chi connectivity index (χ1) is 16.3. The average molecular weight is 465 g/mol. The fourth-order valence-corrected chi connectivity index (χ4v) is 8.52. The van der Waals surface area contributed by atoms with Crippen LogP contribution in [0.1, 0.15) is 57.9 Å². The fourth-order valence-electron chi connectivity index (χ4n) is 8.52. The Morgan fingerprint density at radius 3 is 2.71 bits per heavy atom. The Kier molecular flexibility index (Phi) is 6.02. The maximum atomic E-state index is 13.4. The Hall–Kier alpha value is -2.30. The van der Waals surface area contributed by atoms with Gasteiger partial charge in [-0.3, -0.25) is 9.59 Å². The predicted molar refractivity (Wildman–Crippen MR) is 133 cm³/mol. The number of benzene rings is 1. The SMILES string of the molecule is COc1ccccc1CCNC(=O)[C@H]1CC[C@H]2[C@@H]3CC[C@H]4N(C)C(=O)C=C[C@]4(C)[C@H]3CC[C@]12C. The number of rotatable bonds is 5. The van der Waals surface area contributed by atoms with Crippen LogP contribution in [0.25, 0.3) is 0 Å². The van der Waals surface area contributed by atoms with Crippen LogP contribution >= 0.6 is 0 Å². The highest BCUT2D eigenvalue weighted by molar-refractivity contribution is 5.89. The first kappa shape index (κ1) is 23.4. The molecular formula is C29H40N2O3. The highest BCUT2D eigenvalue weighted by atomic mass is 16.5. The summed E-state index contributed by atoms with van der Waals surface area (Å²) in [5, 5.41) is 3.27. The van der Waals surface area contributed by atoms with E-state index >= 15 is 0 Å². The summed E-state index contributed by atoms with van der Waals surface area (Å²) in [6.45, 7) is 5.42. The summed E-state index contributed by atoms with van der Waals surface area (Å²) in [5.74, 6) is 3.23. The molecule has 4 aliphatic rings. The smallest absolute Gasteiger partial charge is 0.246 e. The minimum absolute atomic E-state index is 0.0575. The number of carbonyl (C=O) groups excluding carboxylic acids is 2. The monoisotopic (exact) mass is 464 g/mol. The normalized spacial score (nSPS) is 38.6. The van der Waals surface area contributed by atoms with Crippen LogP contribution in [0.5, 0.6) is 5.75 Å². The van der Waals surface area contributed by atoms with E-state index in [0.717, 1.165) is 49.8 Å². The largest absolute Gasteiger partial charge is 0.496 e. The number of fused-ring (bicyclic) bond motifs is 5. The number of nitrogens with zero attached hydrogens (tertiary/aromatic N) is 1. The predicted octanol–water partition coefficient (Wildman–Crippen LogP) is 4.61. The number of amides is 2. The van der Waals surface area contributed by atoms with Gasteiger partial charge in [0.25, 0.3) is 0 Å². The Labute approximate surface area is 204 Å². The molecule has 1 aliphatic heterocycles. The molecule has 3 aliphatic carbocycles. The summed E-state index contributed by atoms with van der Waals surface area (Å²) in [7, 11) is 3.67. The molecule has 0 radical (unpaired) electrons. The average Bonchev–Trinajstić information content (AvgIpc) is 3.19. The van der Waals surface area contributed by atoms with Gasteiger partial charge in [0.2, 0.25) is 11.8 Å². The van der Waals surface area contributed by atoms with Gasteiger partial charge in [0.1, 0.15) is 5.75 Å². The van der Waals surface area contributed by atoms with Crippen LogP contribution in [0.4, 0.5) is 0 Å². The fraction of sp³-hybridized carbons (Fsp3) is 0.655. The minimum atomic E-state index is 0.0575.